The molecule has 0 bridgehead atoms. The summed E-state index contributed by atoms with van der Waals surface area (Å²) in [6, 6.07) is 7.94. The molecule has 0 aliphatic heterocycles. The molecule has 0 saturated carbocycles. The molecule has 1 N–H and O–H groups in total. The van der Waals surface area contributed by atoms with Gasteiger partial charge in [-0.25, -0.2) is 0 Å². The van der Waals surface area contributed by atoms with Gasteiger partial charge in [-0.3, -0.25) is 0 Å². The van der Waals surface area contributed by atoms with Crippen LogP contribution in [0.4, 0.5) is 5.69 Å². The SMILES string of the molecule is COc1cc(C)c(NC(C)c2ccc(C)o2)cc1OC. The Morgan fingerprint density at radius 1 is 1.05 bits per heavy atom. The molecule has 0 amide bonds. The Morgan fingerprint density at radius 2 is 1.70 bits per heavy atom. The van der Waals surface area contributed by atoms with Gasteiger partial charge in [0.1, 0.15) is 11.5 Å². The molecule has 0 fully saturated rings. The normalized spacial score (nSPS) is 12.1. The van der Waals surface area contributed by atoms with Crippen LogP contribution in [0.2, 0.25) is 0 Å². The van der Waals surface area contributed by atoms with Crippen molar-refractivity contribution in [3.05, 3.63) is 41.3 Å². The number of aryl methyl sites for hydroxylation is 2. The van der Waals surface area contributed by atoms with Crippen LogP contribution in [0.25, 0.3) is 0 Å². The summed E-state index contributed by atoms with van der Waals surface area (Å²) in [7, 11) is 3.27. The van der Waals surface area contributed by atoms with Crippen LogP contribution in [0.15, 0.2) is 28.7 Å². The van der Waals surface area contributed by atoms with Crippen molar-refractivity contribution in [2.24, 2.45) is 0 Å². The van der Waals surface area contributed by atoms with Crippen LogP contribution in [0.3, 0.4) is 0 Å². The summed E-state index contributed by atoms with van der Waals surface area (Å²) >= 11 is 0. The first-order valence-electron chi connectivity index (χ1n) is 6.60. The van der Waals surface area contributed by atoms with Gasteiger partial charge < -0.3 is 19.2 Å². The van der Waals surface area contributed by atoms with E-state index in [1.54, 1.807) is 14.2 Å². The summed E-state index contributed by atoms with van der Waals surface area (Å²) in [6.45, 7) is 6.04. The highest BCUT2D eigenvalue weighted by atomic mass is 16.5. The zero-order valence-corrected chi connectivity index (χ0v) is 12.6. The summed E-state index contributed by atoms with van der Waals surface area (Å²) < 4.78 is 16.3. The van der Waals surface area contributed by atoms with Crippen molar-refractivity contribution in [3.8, 4) is 11.5 Å². The van der Waals surface area contributed by atoms with E-state index in [0.29, 0.717) is 5.75 Å². The fourth-order valence-electron chi connectivity index (χ4n) is 2.13. The number of benzene rings is 1. The van der Waals surface area contributed by atoms with Gasteiger partial charge in [0.25, 0.3) is 0 Å². The lowest BCUT2D eigenvalue weighted by Crippen LogP contribution is -2.07. The molecule has 1 unspecified atom stereocenters. The van der Waals surface area contributed by atoms with Gasteiger partial charge in [0.05, 0.1) is 20.3 Å². The summed E-state index contributed by atoms with van der Waals surface area (Å²) in [5.74, 6) is 3.27. The highest BCUT2D eigenvalue weighted by Gasteiger charge is 2.13. The number of hydrogen-bond donors (Lipinski definition) is 1. The Balaban J connectivity index is 2.24. The average Bonchev–Trinajstić information content (AvgIpc) is 2.87. The van der Waals surface area contributed by atoms with Crippen molar-refractivity contribution in [2.45, 2.75) is 26.8 Å². The molecule has 1 aromatic heterocycles. The highest BCUT2D eigenvalue weighted by Crippen LogP contribution is 2.34. The summed E-state index contributed by atoms with van der Waals surface area (Å²) in [4.78, 5) is 0. The second kappa shape index (κ2) is 5.90. The van der Waals surface area contributed by atoms with Crippen molar-refractivity contribution < 1.29 is 13.9 Å². The maximum absolute atomic E-state index is 5.64. The lowest BCUT2D eigenvalue weighted by Gasteiger charge is -2.17. The zero-order chi connectivity index (χ0) is 14.7. The molecular formula is C16H21NO3. The minimum atomic E-state index is 0.0838. The van der Waals surface area contributed by atoms with E-state index in [1.165, 1.54) is 0 Å². The van der Waals surface area contributed by atoms with Gasteiger partial charge in [-0.15, -0.1) is 0 Å². The topological polar surface area (TPSA) is 43.6 Å². The lowest BCUT2D eigenvalue weighted by molar-refractivity contribution is 0.355. The molecule has 1 heterocycles. The molecule has 0 aliphatic carbocycles. The van der Waals surface area contributed by atoms with Crippen molar-refractivity contribution >= 4 is 5.69 Å². The van der Waals surface area contributed by atoms with Gasteiger partial charge in [-0.2, -0.15) is 0 Å². The van der Waals surface area contributed by atoms with E-state index in [0.717, 1.165) is 28.5 Å². The summed E-state index contributed by atoms with van der Waals surface area (Å²) in [6.07, 6.45) is 0. The first-order chi connectivity index (χ1) is 9.55. The van der Waals surface area contributed by atoms with Crippen LogP contribution in [0.1, 0.15) is 30.0 Å². The van der Waals surface area contributed by atoms with Gasteiger partial charge in [0.15, 0.2) is 11.5 Å². The minimum Gasteiger partial charge on any atom is -0.493 e. The van der Waals surface area contributed by atoms with Crippen LogP contribution >= 0.6 is 0 Å². The number of anilines is 1. The quantitative estimate of drug-likeness (QED) is 0.892. The Hall–Kier alpha value is -2.10. The third-order valence-electron chi connectivity index (χ3n) is 3.29. The monoisotopic (exact) mass is 275 g/mol. The van der Waals surface area contributed by atoms with Gasteiger partial charge in [-0.05, 0) is 44.5 Å². The second-order valence-electron chi connectivity index (χ2n) is 4.84. The van der Waals surface area contributed by atoms with E-state index in [-0.39, 0.29) is 6.04 Å². The molecule has 0 radical (unpaired) electrons. The minimum absolute atomic E-state index is 0.0838. The summed E-state index contributed by atoms with van der Waals surface area (Å²) in [5.41, 5.74) is 2.10. The number of hydrogen-bond acceptors (Lipinski definition) is 4. The predicted octanol–water partition coefficient (Wildman–Crippen LogP) is 4.09. The number of nitrogens with one attached hydrogen (secondary N) is 1. The van der Waals surface area contributed by atoms with Crippen molar-refractivity contribution in [3.63, 3.8) is 0 Å². The maximum Gasteiger partial charge on any atom is 0.162 e. The molecular weight excluding hydrogens is 254 g/mol. The Kier molecular flexibility index (Phi) is 4.23. The van der Waals surface area contributed by atoms with Crippen LogP contribution in [-0.2, 0) is 0 Å². The lowest BCUT2D eigenvalue weighted by atomic mass is 10.1. The molecule has 0 aliphatic rings. The third kappa shape index (κ3) is 2.90. The molecule has 4 heteroatoms. The van der Waals surface area contributed by atoms with Gasteiger partial charge >= 0.3 is 0 Å². The van der Waals surface area contributed by atoms with Crippen LogP contribution in [-0.4, -0.2) is 14.2 Å². The largest absolute Gasteiger partial charge is 0.493 e. The number of rotatable bonds is 5. The van der Waals surface area contributed by atoms with E-state index < -0.39 is 0 Å². The Morgan fingerprint density at radius 3 is 2.25 bits per heavy atom. The van der Waals surface area contributed by atoms with Gasteiger partial charge in [0, 0.05) is 11.8 Å². The third-order valence-corrected chi connectivity index (χ3v) is 3.29. The number of methoxy groups -OCH3 is 2. The molecule has 108 valence electrons. The molecule has 2 aromatic rings. The van der Waals surface area contributed by atoms with E-state index in [1.807, 2.05) is 38.1 Å². The predicted molar refractivity (Wildman–Crippen MR) is 79.8 cm³/mol. The number of ether oxygens (including phenoxy) is 2. The Labute approximate surface area is 119 Å². The van der Waals surface area contributed by atoms with E-state index in [9.17, 15) is 0 Å². The molecule has 0 saturated heterocycles. The van der Waals surface area contributed by atoms with Gasteiger partial charge in [-0.1, -0.05) is 0 Å². The Bertz CT molecular complexity index is 589. The maximum atomic E-state index is 5.64. The molecule has 1 aromatic carbocycles. The molecule has 4 nitrogen and oxygen atoms in total. The number of furan rings is 1. The van der Waals surface area contributed by atoms with Crippen molar-refractivity contribution in [1.29, 1.82) is 0 Å². The zero-order valence-electron chi connectivity index (χ0n) is 12.6. The molecule has 0 spiro atoms. The van der Waals surface area contributed by atoms with Crippen LogP contribution in [0, 0.1) is 13.8 Å². The standard InChI is InChI=1S/C16H21NO3/c1-10-8-15(18-4)16(19-5)9-13(10)17-12(3)14-7-6-11(2)20-14/h6-9,12,17H,1-5H3. The fourth-order valence-corrected chi connectivity index (χ4v) is 2.13. The average molecular weight is 275 g/mol. The van der Waals surface area contributed by atoms with Crippen LogP contribution < -0.4 is 14.8 Å². The first-order valence-corrected chi connectivity index (χ1v) is 6.60. The van der Waals surface area contributed by atoms with E-state index >= 15 is 0 Å². The molecule has 1 atom stereocenters. The van der Waals surface area contributed by atoms with Crippen molar-refractivity contribution in [1.82, 2.24) is 0 Å². The van der Waals surface area contributed by atoms with E-state index in [2.05, 4.69) is 12.2 Å². The molecule has 20 heavy (non-hydrogen) atoms. The van der Waals surface area contributed by atoms with Gasteiger partial charge in [0.2, 0.25) is 0 Å². The highest BCUT2D eigenvalue weighted by molar-refractivity contribution is 5.60. The summed E-state index contributed by atoms with van der Waals surface area (Å²) in [5, 5.41) is 3.44. The molecule has 2 rings (SSSR count). The van der Waals surface area contributed by atoms with Crippen molar-refractivity contribution in [2.75, 3.05) is 19.5 Å². The second-order valence-corrected chi connectivity index (χ2v) is 4.84. The fraction of sp³-hybridized carbons (Fsp3) is 0.375. The smallest absolute Gasteiger partial charge is 0.162 e. The van der Waals surface area contributed by atoms with Crippen LogP contribution in [0.5, 0.6) is 11.5 Å². The van der Waals surface area contributed by atoms with E-state index in [4.69, 9.17) is 13.9 Å². The first kappa shape index (κ1) is 14.3.